The Labute approximate surface area is 57.8 Å². The fraction of sp³-hybridized carbons (Fsp3) is 0.200. The number of carbonyl (C=O) groups excluding carboxylic acids is 2. The van der Waals surface area contributed by atoms with E-state index in [9.17, 15) is 9.59 Å². The van der Waals surface area contributed by atoms with Crippen molar-refractivity contribution >= 4 is 12.0 Å². The molecule has 0 heterocycles. The molecular weight excluding hydrogens is 136 g/mol. The molecule has 5 heteroatoms. The second-order valence-electron chi connectivity index (χ2n) is 1.35. The van der Waals surface area contributed by atoms with E-state index in [2.05, 4.69) is 22.4 Å². The van der Waals surface area contributed by atoms with Gasteiger partial charge >= 0.3 is 12.0 Å². The van der Waals surface area contributed by atoms with Gasteiger partial charge in [-0.1, -0.05) is 6.58 Å². The largest absolute Gasteiger partial charge is 0.441 e. The van der Waals surface area contributed by atoms with Crippen molar-refractivity contribution < 1.29 is 14.3 Å². The molecule has 0 aromatic heterocycles. The number of primary amides is 1. The first-order chi connectivity index (χ1) is 4.66. The standard InChI is InChI=1S/C5H8N2O3/c1-2-4(8)10-3-7-5(6)9/h2H,1,3H2,(H3,6,7,9). The molecule has 56 valence electrons. The van der Waals surface area contributed by atoms with Gasteiger partial charge in [0, 0.05) is 6.08 Å². The number of amides is 2. The molecule has 0 aliphatic carbocycles. The number of carbonyl (C=O) groups is 2. The van der Waals surface area contributed by atoms with Crippen molar-refractivity contribution in [3.8, 4) is 0 Å². The molecule has 0 aliphatic heterocycles. The second kappa shape index (κ2) is 4.37. The van der Waals surface area contributed by atoms with Gasteiger partial charge < -0.3 is 15.8 Å². The van der Waals surface area contributed by atoms with Crippen LogP contribution in [0.2, 0.25) is 0 Å². The lowest BCUT2D eigenvalue weighted by atomic mass is 10.7. The Kier molecular flexibility index (Phi) is 3.70. The zero-order chi connectivity index (χ0) is 7.98. The Hall–Kier alpha value is -1.52. The maximum absolute atomic E-state index is 10.3. The number of hydrogen-bond acceptors (Lipinski definition) is 3. The molecule has 3 N–H and O–H groups in total. The molecule has 0 saturated carbocycles. The Bertz CT molecular complexity index is 155. The van der Waals surface area contributed by atoms with Gasteiger partial charge in [-0.25, -0.2) is 9.59 Å². The van der Waals surface area contributed by atoms with Crippen LogP contribution in [0.25, 0.3) is 0 Å². The van der Waals surface area contributed by atoms with Crippen LogP contribution in [0.4, 0.5) is 4.79 Å². The summed E-state index contributed by atoms with van der Waals surface area (Å²) in [4.78, 5) is 20.2. The molecule has 10 heavy (non-hydrogen) atoms. The Balaban J connectivity index is 3.28. The number of nitrogens with one attached hydrogen (secondary N) is 1. The van der Waals surface area contributed by atoms with Crippen molar-refractivity contribution in [1.29, 1.82) is 0 Å². The lowest BCUT2D eigenvalue weighted by Crippen LogP contribution is -2.32. The highest BCUT2D eigenvalue weighted by molar-refractivity contribution is 5.81. The van der Waals surface area contributed by atoms with E-state index in [1.807, 2.05) is 0 Å². The predicted octanol–water partition coefficient (Wildman–Crippen LogP) is -0.659. The predicted molar refractivity (Wildman–Crippen MR) is 33.9 cm³/mol. The van der Waals surface area contributed by atoms with Crippen molar-refractivity contribution in [1.82, 2.24) is 5.32 Å². The molecular formula is C5H8N2O3. The zero-order valence-electron chi connectivity index (χ0n) is 5.29. The lowest BCUT2D eigenvalue weighted by molar-refractivity contribution is -0.138. The minimum absolute atomic E-state index is 0.222. The van der Waals surface area contributed by atoms with Gasteiger partial charge in [0.1, 0.15) is 0 Å². The minimum atomic E-state index is -0.739. The summed E-state index contributed by atoms with van der Waals surface area (Å²) in [6, 6.07) is -0.739. The number of hydrogen-bond donors (Lipinski definition) is 2. The van der Waals surface area contributed by atoms with Gasteiger partial charge in [-0.3, -0.25) is 0 Å². The van der Waals surface area contributed by atoms with Crippen LogP contribution in [0.5, 0.6) is 0 Å². The lowest BCUT2D eigenvalue weighted by Gasteiger charge is -1.99. The van der Waals surface area contributed by atoms with Crippen LogP contribution < -0.4 is 11.1 Å². The summed E-state index contributed by atoms with van der Waals surface area (Å²) in [7, 11) is 0. The van der Waals surface area contributed by atoms with Crippen molar-refractivity contribution in [3.63, 3.8) is 0 Å². The van der Waals surface area contributed by atoms with E-state index >= 15 is 0 Å². The van der Waals surface area contributed by atoms with Gasteiger partial charge in [0.2, 0.25) is 0 Å². The van der Waals surface area contributed by atoms with Gasteiger partial charge in [-0.05, 0) is 0 Å². The maximum atomic E-state index is 10.3. The SMILES string of the molecule is C=CC(=O)OCNC(N)=O. The van der Waals surface area contributed by atoms with Gasteiger partial charge in [-0.15, -0.1) is 0 Å². The molecule has 0 bridgehead atoms. The Morgan fingerprint density at radius 3 is 2.70 bits per heavy atom. The zero-order valence-corrected chi connectivity index (χ0v) is 5.29. The summed E-state index contributed by atoms with van der Waals surface area (Å²) in [6.07, 6.45) is 0.989. The van der Waals surface area contributed by atoms with Crippen LogP contribution in [0, 0.1) is 0 Å². The van der Waals surface area contributed by atoms with E-state index < -0.39 is 12.0 Å². The summed E-state index contributed by atoms with van der Waals surface area (Å²) in [5, 5.41) is 2.06. The highest BCUT2D eigenvalue weighted by Gasteiger charge is 1.94. The summed E-state index contributed by atoms with van der Waals surface area (Å²) >= 11 is 0. The third kappa shape index (κ3) is 4.63. The molecule has 0 fully saturated rings. The van der Waals surface area contributed by atoms with Crippen LogP contribution in [0.3, 0.4) is 0 Å². The number of nitrogens with two attached hydrogens (primary N) is 1. The monoisotopic (exact) mass is 144 g/mol. The first-order valence-corrected chi connectivity index (χ1v) is 2.49. The van der Waals surface area contributed by atoms with Gasteiger partial charge in [0.15, 0.2) is 6.73 Å². The third-order valence-electron chi connectivity index (χ3n) is 0.627. The van der Waals surface area contributed by atoms with Crippen LogP contribution >= 0.6 is 0 Å². The summed E-state index contributed by atoms with van der Waals surface area (Å²) in [5.41, 5.74) is 4.65. The Morgan fingerprint density at radius 1 is 1.70 bits per heavy atom. The molecule has 5 nitrogen and oxygen atoms in total. The molecule has 0 aromatic carbocycles. The summed E-state index contributed by atoms with van der Waals surface area (Å²) < 4.78 is 4.33. The topological polar surface area (TPSA) is 81.4 Å². The molecule has 2 amide bonds. The van der Waals surface area contributed by atoms with Crippen LogP contribution in [0.1, 0.15) is 0 Å². The minimum Gasteiger partial charge on any atom is -0.441 e. The molecule has 0 atom stereocenters. The highest BCUT2D eigenvalue weighted by Crippen LogP contribution is 1.74. The third-order valence-corrected chi connectivity index (χ3v) is 0.627. The number of ether oxygens (including phenoxy) is 1. The molecule has 0 aromatic rings. The number of esters is 1. The van der Waals surface area contributed by atoms with Crippen LogP contribution in [0.15, 0.2) is 12.7 Å². The van der Waals surface area contributed by atoms with Crippen molar-refractivity contribution in [2.24, 2.45) is 5.73 Å². The fourth-order valence-electron chi connectivity index (χ4n) is 0.237. The van der Waals surface area contributed by atoms with Crippen LogP contribution in [-0.4, -0.2) is 18.7 Å². The van der Waals surface area contributed by atoms with E-state index in [4.69, 9.17) is 0 Å². The van der Waals surface area contributed by atoms with Crippen LogP contribution in [-0.2, 0) is 9.53 Å². The average molecular weight is 144 g/mol. The normalized spacial score (nSPS) is 8.00. The second-order valence-corrected chi connectivity index (χ2v) is 1.35. The molecule has 0 radical (unpaired) electrons. The van der Waals surface area contributed by atoms with E-state index in [-0.39, 0.29) is 6.73 Å². The smallest absolute Gasteiger partial charge is 0.331 e. The number of urea groups is 1. The van der Waals surface area contributed by atoms with Crippen molar-refractivity contribution in [2.75, 3.05) is 6.73 Å². The van der Waals surface area contributed by atoms with Crippen molar-refractivity contribution in [3.05, 3.63) is 12.7 Å². The van der Waals surface area contributed by atoms with Gasteiger partial charge in [0.25, 0.3) is 0 Å². The average Bonchev–Trinajstić information content (AvgIpc) is 1.87. The maximum Gasteiger partial charge on any atom is 0.331 e. The van der Waals surface area contributed by atoms with E-state index in [1.54, 1.807) is 0 Å². The first kappa shape index (κ1) is 8.48. The molecule has 0 aliphatic rings. The fourth-order valence-corrected chi connectivity index (χ4v) is 0.237. The van der Waals surface area contributed by atoms with E-state index in [0.29, 0.717) is 0 Å². The van der Waals surface area contributed by atoms with Crippen molar-refractivity contribution in [2.45, 2.75) is 0 Å². The van der Waals surface area contributed by atoms with Gasteiger partial charge in [0.05, 0.1) is 0 Å². The molecule has 0 unspecified atom stereocenters. The quantitative estimate of drug-likeness (QED) is 0.313. The summed E-state index contributed by atoms with van der Waals surface area (Å²) in [5.74, 6) is -0.603. The van der Waals surface area contributed by atoms with E-state index in [0.717, 1.165) is 6.08 Å². The molecule has 0 saturated heterocycles. The van der Waals surface area contributed by atoms with Gasteiger partial charge in [-0.2, -0.15) is 0 Å². The molecule has 0 spiro atoms. The first-order valence-electron chi connectivity index (χ1n) is 2.49. The van der Waals surface area contributed by atoms with E-state index in [1.165, 1.54) is 0 Å². The highest BCUT2D eigenvalue weighted by atomic mass is 16.5. The summed E-state index contributed by atoms with van der Waals surface area (Å²) in [6.45, 7) is 2.92. The molecule has 0 rings (SSSR count). The Morgan fingerprint density at radius 2 is 2.30 bits per heavy atom. The number of rotatable bonds is 3.